The van der Waals surface area contributed by atoms with E-state index in [1.807, 2.05) is 0 Å². The lowest BCUT2D eigenvalue weighted by atomic mass is 9.89. The molecule has 0 fully saturated rings. The molecule has 1 amide bonds. The molecule has 0 radical (unpaired) electrons. The Morgan fingerprint density at radius 3 is 2.00 bits per heavy atom. The van der Waals surface area contributed by atoms with E-state index in [1.165, 1.54) is 35.5 Å². The molecule has 2 aromatic carbocycles. The van der Waals surface area contributed by atoms with Crippen molar-refractivity contribution in [2.24, 2.45) is 0 Å². The third-order valence-corrected chi connectivity index (χ3v) is 5.44. The molecule has 0 aliphatic carbocycles. The van der Waals surface area contributed by atoms with E-state index in [0.717, 1.165) is 16.8 Å². The van der Waals surface area contributed by atoms with Crippen LogP contribution in [0.25, 0.3) is 5.57 Å². The summed E-state index contributed by atoms with van der Waals surface area (Å²) in [6, 6.07) is 14.4. The van der Waals surface area contributed by atoms with E-state index in [1.54, 1.807) is 37.4 Å². The Hall–Kier alpha value is -3.61. The van der Waals surface area contributed by atoms with Crippen LogP contribution >= 0.6 is 0 Å². The Morgan fingerprint density at radius 1 is 0.968 bits per heavy atom. The largest absolute Gasteiger partial charge is 0.503 e. The fourth-order valence-electron chi connectivity index (χ4n) is 3.75. The number of benzene rings is 2. The first kappa shape index (κ1) is 20.7. The minimum absolute atomic E-state index is 0.102. The van der Waals surface area contributed by atoms with Crippen LogP contribution in [-0.4, -0.2) is 39.5 Å². The summed E-state index contributed by atoms with van der Waals surface area (Å²) in [5.74, 6) is -1.46. The van der Waals surface area contributed by atoms with Crippen molar-refractivity contribution < 1.29 is 18.7 Å². The molecule has 0 unspecified atom stereocenters. The van der Waals surface area contributed by atoms with Crippen LogP contribution < -0.4 is 0 Å². The Labute approximate surface area is 178 Å². The summed E-state index contributed by atoms with van der Waals surface area (Å²) in [7, 11) is 1.61. The fourth-order valence-corrected chi connectivity index (χ4v) is 3.75. The number of likely N-dealkylation sites (N-methyl/N-ethyl adjacent to an activating group) is 1. The highest BCUT2D eigenvalue weighted by Gasteiger charge is 2.29. The van der Waals surface area contributed by atoms with Crippen LogP contribution in [0.2, 0.25) is 0 Å². The number of carbonyl (C=O) groups is 1. The first-order chi connectivity index (χ1) is 14.9. The predicted molar refractivity (Wildman–Crippen MR) is 112 cm³/mol. The van der Waals surface area contributed by atoms with Gasteiger partial charge in [0.2, 0.25) is 0 Å². The van der Waals surface area contributed by atoms with Gasteiger partial charge < -0.3 is 10.0 Å². The zero-order valence-corrected chi connectivity index (χ0v) is 16.9. The standard InChI is InChI=1S/C24H21F2N3O2/c1-29-13-20(23(30)24(29)31)22-12-21(27-14-28-22)17(10-15-2-6-18(25)7-3-15)11-16-4-8-19(26)9-5-16/h2-9,12,14,17,30H,10-11,13H2,1H3. The van der Waals surface area contributed by atoms with Gasteiger partial charge in [-0.25, -0.2) is 18.7 Å². The number of aromatic nitrogens is 2. The fraction of sp³-hybridized carbons (Fsp3) is 0.208. The highest BCUT2D eigenvalue weighted by atomic mass is 19.1. The van der Waals surface area contributed by atoms with Gasteiger partial charge in [-0.05, 0) is 54.3 Å². The van der Waals surface area contributed by atoms with E-state index in [-0.39, 0.29) is 29.9 Å². The molecule has 1 N–H and O–H groups in total. The summed E-state index contributed by atoms with van der Waals surface area (Å²) in [5.41, 5.74) is 3.54. The Kier molecular flexibility index (Phi) is 5.75. The summed E-state index contributed by atoms with van der Waals surface area (Å²) in [6.45, 7) is 0.266. The molecule has 0 bridgehead atoms. The zero-order chi connectivity index (χ0) is 22.0. The first-order valence-corrected chi connectivity index (χ1v) is 9.89. The van der Waals surface area contributed by atoms with Crippen molar-refractivity contribution in [1.82, 2.24) is 14.9 Å². The van der Waals surface area contributed by atoms with Crippen LogP contribution in [0.3, 0.4) is 0 Å². The van der Waals surface area contributed by atoms with Crippen molar-refractivity contribution in [1.29, 1.82) is 0 Å². The van der Waals surface area contributed by atoms with Crippen molar-refractivity contribution in [2.75, 3.05) is 13.6 Å². The quantitative estimate of drug-likeness (QED) is 0.652. The molecule has 1 aliphatic rings. The second kappa shape index (κ2) is 8.63. The Bertz CT molecular complexity index is 1080. The van der Waals surface area contributed by atoms with Gasteiger partial charge >= 0.3 is 0 Å². The smallest absolute Gasteiger partial charge is 0.289 e. The van der Waals surface area contributed by atoms with Crippen molar-refractivity contribution in [3.8, 4) is 0 Å². The number of carbonyl (C=O) groups excluding carboxylic acids is 1. The van der Waals surface area contributed by atoms with Crippen LogP contribution in [-0.2, 0) is 17.6 Å². The molecule has 0 saturated heterocycles. The average Bonchev–Trinajstić information content (AvgIpc) is 3.03. The molecular weight excluding hydrogens is 400 g/mol. The van der Waals surface area contributed by atoms with Gasteiger partial charge in [0, 0.05) is 24.2 Å². The van der Waals surface area contributed by atoms with Crippen molar-refractivity contribution in [3.63, 3.8) is 0 Å². The number of rotatable bonds is 6. The normalized spacial score (nSPS) is 14.1. The number of hydrogen-bond acceptors (Lipinski definition) is 4. The molecule has 5 nitrogen and oxygen atoms in total. The van der Waals surface area contributed by atoms with Crippen LogP contribution in [0.1, 0.15) is 28.4 Å². The van der Waals surface area contributed by atoms with Crippen molar-refractivity contribution in [3.05, 3.63) is 101 Å². The molecule has 0 saturated carbocycles. The Balaban J connectivity index is 1.68. The average molecular weight is 421 g/mol. The predicted octanol–water partition coefficient (Wildman–Crippen LogP) is 4.06. The number of nitrogens with zero attached hydrogens (tertiary/aromatic N) is 3. The van der Waals surface area contributed by atoms with Crippen molar-refractivity contribution in [2.45, 2.75) is 18.8 Å². The molecule has 2 heterocycles. The molecule has 4 rings (SSSR count). The minimum Gasteiger partial charge on any atom is -0.503 e. The van der Waals surface area contributed by atoms with Gasteiger partial charge in [-0.3, -0.25) is 4.79 Å². The second-order valence-electron chi connectivity index (χ2n) is 7.67. The first-order valence-electron chi connectivity index (χ1n) is 9.89. The molecular formula is C24H21F2N3O2. The van der Waals surface area contributed by atoms with E-state index in [0.29, 0.717) is 24.1 Å². The number of aliphatic hydroxyl groups excluding tert-OH is 1. The Morgan fingerprint density at radius 2 is 1.52 bits per heavy atom. The molecule has 3 aromatic rings. The lowest BCUT2D eigenvalue weighted by Crippen LogP contribution is -2.21. The van der Waals surface area contributed by atoms with Gasteiger partial charge in [0.25, 0.3) is 5.91 Å². The molecule has 7 heteroatoms. The van der Waals surface area contributed by atoms with Gasteiger partial charge in [0.05, 0.1) is 12.2 Å². The van der Waals surface area contributed by atoms with E-state index in [4.69, 9.17) is 0 Å². The van der Waals surface area contributed by atoms with Crippen molar-refractivity contribution >= 4 is 11.5 Å². The number of hydrogen-bond donors (Lipinski definition) is 1. The third kappa shape index (κ3) is 4.60. The highest BCUT2D eigenvalue weighted by Crippen LogP contribution is 2.28. The summed E-state index contributed by atoms with van der Waals surface area (Å²) in [6.07, 6.45) is 2.58. The van der Waals surface area contributed by atoms with E-state index >= 15 is 0 Å². The van der Waals surface area contributed by atoms with Gasteiger partial charge in [-0.15, -0.1) is 0 Å². The molecule has 1 aromatic heterocycles. The van der Waals surface area contributed by atoms with E-state index in [9.17, 15) is 18.7 Å². The maximum atomic E-state index is 13.3. The lowest BCUT2D eigenvalue weighted by molar-refractivity contribution is -0.126. The van der Waals surface area contributed by atoms with Gasteiger partial charge in [-0.1, -0.05) is 24.3 Å². The van der Waals surface area contributed by atoms with E-state index < -0.39 is 5.91 Å². The molecule has 158 valence electrons. The summed E-state index contributed by atoms with van der Waals surface area (Å²) >= 11 is 0. The topological polar surface area (TPSA) is 66.3 Å². The third-order valence-electron chi connectivity index (χ3n) is 5.44. The van der Waals surface area contributed by atoms with E-state index in [2.05, 4.69) is 9.97 Å². The molecule has 1 aliphatic heterocycles. The zero-order valence-electron chi connectivity index (χ0n) is 16.9. The molecule has 0 atom stereocenters. The van der Waals surface area contributed by atoms with Gasteiger partial charge in [-0.2, -0.15) is 0 Å². The number of amides is 1. The second-order valence-corrected chi connectivity index (χ2v) is 7.67. The SMILES string of the molecule is CN1CC(c2cc(C(Cc3ccc(F)cc3)Cc3ccc(F)cc3)ncn2)=C(O)C1=O. The van der Waals surface area contributed by atoms with Gasteiger partial charge in [0.1, 0.15) is 18.0 Å². The monoisotopic (exact) mass is 421 g/mol. The van der Waals surface area contributed by atoms with Crippen LogP contribution in [0.15, 0.2) is 66.7 Å². The highest BCUT2D eigenvalue weighted by molar-refractivity contribution is 6.03. The van der Waals surface area contributed by atoms with Crippen LogP contribution in [0.5, 0.6) is 0 Å². The van der Waals surface area contributed by atoms with Crippen LogP contribution in [0, 0.1) is 11.6 Å². The van der Waals surface area contributed by atoms with Crippen LogP contribution in [0.4, 0.5) is 8.78 Å². The number of halogens is 2. The maximum Gasteiger partial charge on any atom is 0.289 e. The summed E-state index contributed by atoms with van der Waals surface area (Å²) < 4.78 is 26.7. The lowest BCUT2D eigenvalue weighted by Gasteiger charge is -2.18. The summed E-state index contributed by atoms with van der Waals surface area (Å²) in [5, 5.41) is 10.2. The maximum absolute atomic E-state index is 13.3. The minimum atomic E-state index is -0.440. The summed E-state index contributed by atoms with van der Waals surface area (Å²) in [4.78, 5) is 22.1. The van der Waals surface area contributed by atoms with Gasteiger partial charge in [0.15, 0.2) is 5.76 Å². The molecule has 0 spiro atoms. The molecule has 31 heavy (non-hydrogen) atoms. The number of aliphatic hydroxyl groups is 1.